The molecule has 0 radical (unpaired) electrons. The Bertz CT molecular complexity index is 581. The van der Waals surface area contributed by atoms with Crippen molar-refractivity contribution in [2.24, 2.45) is 0 Å². The Balaban J connectivity index is 2.09. The van der Waals surface area contributed by atoms with Crippen molar-refractivity contribution >= 4 is 11.6 Å². The largest absolute Gasteiger partial charge is 0.370 e. The van der Waals surface area contributed by atoms with Crippen LogP contribution in [0.15, 0.2) is 30.3 Å². The summed E-state index contributed by atoms with van der Waals surface area (Å²) in [4.78, 5) is 8.97. The Morgan fingerprint density at radius 1 is 1.00 bits per heavy atom. The number of aryl methyl sites for hydroxylation is 1. The number of aromatic nitrogens is 2. The van der Waals surface area contributed by atoms with Crippen molar-refractivity contribution in [1.29, 1.82) is 0 Å². The summed E-state index contributed by atoms with van der Waals surface area (Å²) in [6.07, 6.45) is 0. The molecule has 0 aliphatic rings. The third kappa shape index (κ3) is 3.94. The van der Waals surface area contributed by atoms with Gasteiger partial charge in [0, 0.05) is 18.7 Å². The maximum absolute atomic E-state index is 4.52. The van der Waals surface area contributed by atoms with E-state index in [2.05, 4.69) is 58.7 Å². The Kier molecular flexibility index (Phi) is 5.14. The second-order valence-corrected chi connectivity index (χ2v) is 5.32. The number of hydrogen-bond donors (Lipinski definition) is 2. The first kappa shape index (κ1) is 15.3. The number of nitrogens with one attached hydrogen (secondary N) is 2. The molecule has 0 bridgehead atoms. The molecule has 4 heteroatoms. The van der Waals surface area contributed by atoms with Crippen molar-refractivity contribution < 1.29 is 0 Å². The summed E-state index contributed by atoms with van der Waals surface area (Å²) < 4.78 is 0. The summed E-state index contributed by atoms with van der Waals surface area (Å²) in [7, 11) is 0. The first-order valence-corrected chi connectivity index (χ1v) is 7.49. The molecule has 2 N–H and O–H groups in total. The van der Waals surface area contributed by atoms with Crippen LogP contribution in [0.25, 0.3) is 0 Å². The molecule has 112 valence electrons. The van der Waals surface area contributed by atoms with Crippen LogP contribution in [0.2, 0.25) is 0 Å². The molecule has 1 atom stereocenters. The first-order chi connectivity index (χ1) is 10.1. The van der Waals surface area contributed by atoms with Crippen molar-refractivity contribution in [3.63, 3.8) is 0 Å². The van der Waals surface area contributed by atoms with E-state index >= 15 is 0 Å². The second kappa shape index (κ2) is 7.07. The van der Waals surface area contributed by atoms with Crippen LogP contribution in [-0.4, -0.2) is 23.1 Å². The van der Waals surface area contributed by atoms with E-state index in [0.717, 1.165) is 36.1 Å². The predicted octanol–water partition coefficient (Wildman–Crippen LogP) is 3.74. The zero-order chi connectivity index (χ0) is 15.2. The SMILES string of the molecule is CCNc1nc(C)nc(NCC(C)c2ccccc2)c1C. The van der Waals surface area contributed by atoms with Gasteiger partial charge in [-0.3, -0.25) is 0 Å². The molecule has 2 aromatic rings. The fourth-order valence-corrected chi connectivity index (χ4v) is 2.29. The highest BCUT2D eigenvalue weighted by Crippen LogP contribution is 2.21. The number of nitrogens with zero attached hydrogens (tertiary/aromatic N) is 2. The molecule has 0 amide bonds. The molecule has 0 spiro atoms. The van der Waals surface area contributed by atoms with Crippen LogP contribution in [0, 0.1) is 13.8 Å². The summed E-state index contributed by atoms with van der Waals surface area (Å²) in [5.74, 6) is 3.05. The monoisotopic (exact) mass is 284 g/mol. The van der Waals surface area contributed by atoms with Gasteiger partial charge in [0.05, 0.1) is 0 Å². The third-order valence-corrected chi connectivity index (χ3v) is 3.55. The van der Waals surface area contributed by atoms with E-state index in [1.807, 2.05) is 19.9 Å². The lowest BCUT2D eigenvalue weighted by molar-refractivity contribution is 0.798. The topological polar surface area (TPSA) is 49.8 Å². The van der Waals surface area contributed by atoms with Gasteiger partial charge in [-0.05, 0) is 32.3 Å². The molecular formula is C17H24N4. The highest BCUT2D eigenvalue weighted by Gasteiger charge is 2.10. The van der Waals surface area contributed by atoms with Gasteiger partial charge in [-0.2, -0.15) is 0 Å². The Morgan fingerprint density at radius 3 is 2.24 bits per heavy atom. The molecule has 0 aliphatic carbocycles. The fourth-order valence-electron chi connectivity index (χ4n) is 2.29. The summed E-state index contributed by atoms with van der Waals surface area (Å²) in [5.41, 5.74) is 2.41. The van der Waals surface area contributed by atoms with E-state index in [1.54, 1.807) is 0 Å². The molecule has 0 saturated carbocycles. The number of benzene rings is 1. The molecule has 4 nitrogen and oxygen atoms in total. The lowest BCUT2D eigenvalue weighted by atomic mass is 10.0. The zero-order valence-corrected chi connectivity index (χ0v) is 13.3. The summed E-state index contributed by atoms with van der Waals surface area (Å²) >= 11 is 0. The minimum absolute atomic E-state index is 0.434. The van der Waals surface area contributed by atoms with Gasteiger partial charge >= 0.3 is 0 Å². The normalized spacial score (nSPS) is 12.0. The van der Waals surface area contributed by atoms with E-state index in [4.69, 9.17) is 0 Å². The van der Waals surface area contributed by atoms with Crippen LogP contribution in [0.3, 0.4) is 0 Å². The van der Waals surface area contributed by atoms with Crippen molar-refractivity contribution in [1.82, 2.24) is 9.97 Å². The fraction of sp³-hybridized carbons (Fsp3) is 0.412. The van der Waals surface area contributed by atoms with Crippen LogP contribution >= 0.6 is 0 Å². The molecule has 0 fully saturated rings. The minimum Gasteiger partial charge on any atom is -0.370 e. The summed E-state index contributed by atoms with van der Waals surface area (Å²) in [5, 5.41) is 6.74. The minimum atomic E-state index is 0.434. The number of anilines is 2. The zero-order valence-electron chi connectivity index (χ0n) is 13.3. The van der Waals surface area contributed by atoms with E-state index in [9.17, 15) is 0 Å². The molecule has 1 unspecified atom stereocenters. The third-order valence-electron chi connectivity index (χ3n) is 3.55. The first-order valence-electron chi connectivity index (χ1n) is 7.49. The Morgan fingerprint density at radius 2 is 1.62 bits per heavy atom. The highest BCUT2D eigenvalue weighted by molar-refractivity contribution is 5.57. The summed E-state index contributed by atoms with van der Waals surface area (Å²) in [6.45, 7) is 9.97. The summed E-state index contributed by atoms with van der Waals surface area (Å²) in [6, 6.07) is 10.5. The molecule has 0 aliphatic heterocycles. The van der Waals surface area contributed by atoms with Crippen molar-refractivity contribution in [3.05, 3.63) is 47.3 Å². The molecule has 1 aromatic carbocycles. The molecule has 0 saturated heterocycles. The van der Waals surface area contributed by atoms with Crippen molar-refractivity contribution in [2.75, 3.05) is 23.7 Å². The van der Waals surface area contributed by atoms with Crippen LogP contribution < -0.4 is 10.6 Å². The Hall–Kier alpha value is -2.10. The quantitative estimate of drug-likeness (QED) is 0.848. The molecule has 2 rings (SSSR count). The van der Waals surface area contributed by atoms with Crippen molar-refractivity contribution in [2.45, 2.75) is 33.6 Å². The number of hydrogen-bond acceptors (Lipinski definition) is 4. The maximum Gasteiger partial charge on any atom is 0.134 e. The van der Waals surface area contributed by atoms with Gasteiger partial charge in [0.1, 0.15) is 17.5 Å². The average molecular weight is 284 g/mol. The van der Waals surface area contributed by atoms with E-state index in [0.29, 0.717) is 5.92 Å². The van der Waals surface area contributed by atoms with E-state index in [1.165, 1.54) is 5.56 Å². The van der Waals surface area contributed by atoms with Crippen LogP contribution in [0.1, 0.15) is 36.7 Å². The van der Waals surface area contributed by atoms with Crippen LogP contribution in [0.5, 0.6) is 0 Å². The highest BCUT2D eigenvalue weighted by atomic mass is 15.1. The Labute approximate surface area is 127 Å². The van der Waals surface area contributed by atoms with Gasteiger partial charge in [-0.25, -0.2) is 9.97 Å². The number of rotatable bonds is 6. The standard InChI is InChI=1S/C17H24N4/c1-5-18-16-13(3)17(21-14(4)20-16)19-11-12(2)15-9-7-6-8-10-15/h6-10,12H,5,11H2,1-4H3,(H2,18,19,20,21). The van der Waals surface area contributed by atoms with Gasteiger partial charge in [0.25, 0.3) is 0 Å². The van der Waals surface area contributed by atoms with Gasteiger partial charge in [-0.1, -0.05) is 37.3 Å². The van der Waals surface area contributed by atoms with Crippen LogP contribution in [0.4, 0.5) is 11.6 Å². The molecule has 21 heavy (non-hydrogen) atoms. The van der Waals surface area contributed by atoms with Gasteiger partial charge in [0.2, 0.25) is 0 Å². The molecular weight excluding hydrogens is 260 g/mol. The maximum atomic E-state index is 4.52. The van der Waals surface area contributed by atoms with Crippen LogP contribution in [-0.2, 0) is 0 Å². The lowest BCUT2D eigenvalue weighted by Crippen LogP contribution is -2.14. The van der Waals surface area contributed by atoms with Gasteiger partial charge in [0.15, 0.2) is 0 Å². The van der Waals surface area contributed by atoms with Gasteiger partial charge < -0.3 is 10.6 Å². The van der Waals surface area contributed by atoms with E-state index < -0.39 is 0 Å². The van der Waals surface area contributed by atoms with E-state index in [-0.39, 0.29) is 0 Å². The van der Waals surface area contributed by atoms with Gasteiger partial charge in [-0.15, -0.1) is 0 Å². The second-order valence-electron chi connectivity index (χ2n) is 5.32. The predicted molar refractivity (Wildman–Crippen MR) is 89.0 cm³/mol. The average Bonchev–Trinajstić information content (AvgIpc) is 2.50. The molecule has 1 heterocycles. The lowest BCUT2D eigenvalue weighted by Gasteiger charge is -2.17. The molecule has 1 aromatic heterocycles. The van der Waals surface area contributed by atoms with Crippen molar-refractivity contribution in [3.8, 4) is 0 Å². The smallest absolute Gasteiger partial charge is 0.134 e.